The fraction of sp³-hybridized carbons (Fsp3) is 0.292. The second-order valence-electron chi connectivity index (χ2n) is 8.40. The van der Waals surface area contributed by atoms with E-state index in [1.807, 2.05) is 24.3 Å². The van der Waals surface area contributed by atoms with E-state index in [1.54, 1.807) is 18.5 Å². The van der Waals surface area contributed by atoms with Gasteiger partial charge in [0.05, 0.1) is 5.54 Å². The van der Waals surface area contributed by atoms with Crippen LogP contribution in [0.15, 0.2) is 60.9 Å². The van der Waals surface area contributed by atoms with Crippen molar-refractivity contribution in [2.45, 2.75) is 43.9 Å². The molecule has 0 bridgehead atoms. The number of cyclic esters (lactones) is 1. The van der Waals surface area contributed by atoms with Crippen molar-refractivity contribution in [3.05, 3.63) is 77.6 Å². The normalized spacial score (nSPS) is 19.3. The summed E-state index contributed by atoms with van der Waals surface area (Å²) in [6.07, 6.45) is 2.99. The molecule has 5 rings (SSSR count). The van der Waals surface area contributed by atoms with Crippen LogP contribution in [0.4, 0.5) is 18.4 Å². The van der Waals surface area contributed by atoms with E-state index in [0.29, 0.717) is 18.4 Å². The lowest BCUT2D eigenvalue weighted by atomic mass is 9.97. The van der Waals surface area contributed by atoms with E-state index in [4.69, 9.17) is 4.74 Å². The fourth-order valence-corrected chi connectivity index (χ4v) is 4.38. The molecule has 2 fully saturated rings. The van der Waals surface area contributed by atoms with Crippen LogP contribution in [0, 0.1) is 0 Å². The van der Waals surface area contributed by atoms with Crippen LogP contribution in [0.2, 0.25) is 0 Å². The van der Waals surface area contributed by atoms with Crippen molar-refractivity contribution >= 4 is 22.9 Å². The summed E-state index contributed by atoms with van der Waals surface area (Å²) in [6.45, 7) is 1.01. The number of pyridine rings is 1. The van der Waals surface area contributed by atoms with Crippen LogP contribution in [0.5, 0.6) is 0 Å². The highest BCUT2D eigenvalue weighted by Crippen LogP contribution is 2.57. The first-order valence-electron chi connectivity index (χ1n) is 10.4. The van der Waals surface area contributed by atoms with Crippen LogP contribution >= 0.6 is 0 Å². The van der Waals surface area contributed by atoms with E-state index in [0.717, 1.165) is 28.2 Å². The average molecular weight is 437 g/mol. The molecule has 1 N–H and O–H groups in total. The number of hydrogen-bond donors (Lipinski definition) is 1. The van der Waals surface area contributed by atoms with Gasteiger partial charge in [0.25, 0.3) is 5.92 Å². The zero-order chi connectivity index (χ0) is 22.5. The smallest absolute Gasteiger partial charge is 0.419 e. The molecule has 2 heterocycles. The Morgan fingerprint density at radius 1 is 1.22 bits per heavy atom. The molecule has 0 radical (unpaired) electrons. The number of ether oxygens (including phenoxy) is 1. The first-order chi connectivity index (χ1) is 15.3. The predicted octanol–water partition coefficient (Wildman–Crippen LogP) is 5.28. The monoisotopic (exact) mass is 437 g/mol. The maximum Gasteiger partial charge on any atom is 0.419 e. The first kappa shape index (κ1) is 20.4. The maximum absolute atomic E-state index is 13.8. The molecule has 1 spiro atoms. The Hall–Kier alpha value is -3.55. The number of amides is 3. The van der Waals surface area contributed by atoms with Crippen LogP contribution in [-0.4, -0.2) is 27.5 Å². The zero-order valence-corrected chi connectivity index (χ0v) is 17.3. The third kappa shape index (κ3) is 3.36. The number of benzene rings is 2. The number of alkyl halides is 2. The van der Waals surface area contributed by atoms with Crippen LogP contribution in [0.3, 0.4) is 0 Å². The molecule has 1 saturated carbocycles. The van der Waals surface area contributed by atoms with Gasteiger partial charge in [-0.05, 0) is 35.4 Å². The summed E-state index contributed by atoms with van der Waals surface area (Å²) in [5.74, 6) is -3.01. The van der Waals surface area contributed by atoms with Crippen molar-refractivity contribution in [3.8, 4) is 0 Å². The predicted molar refractivity (Wildman–Crippen MR) is 113 cm³/mol. The van der Waals surface area contributed by atoms with Gasteiger partial charge in [0, 0.05) is 36.8 Å². The summed E-state index contributed by atoms with van der Waals surface area (Å²) in [7, 11) is 0. The Morgan fingerprint density at radius 3 is 2.75 bits per heavy atom. The van der Waals surface area contributed by atoms with Crippen molar-refractivity contribution in [1.82, 2.24) is 15.2 Å². The minimum Gasteiger partial charge on any atom is -0.438 e. The van der Waals surface area contributed by atoms with E-state index in [1.165, 1.54) is 18.2 Å². The van der Waals surface area contributed by atoms with Crippen LogP contribution in [-0.2, 0) is 17.2 Å². The molecule has 1 aliphatic carbocycles. The number of urea groups is 1. The summed E-state index contributed by atoms with van der Waals surface area (Å²) in [6, 6.07) is 13.0. The molecule has 0 unspecified atom stereocenters. The highest BCUT2D eigenvalue weighted by molar-refractivity contribution is 5.95. The van der Waals surface area contributed by atoms with Gasteiger partial charge in [-0.25, -0.2) is 23.3 Å². The number of imide groups is 1. The molecule has 1 saturated heterocycles. The molecular formula is C24H21F2N3O3. The van der Waals surface area contributed by atoms with Crippen molar-refractivity contribution in [2.75, 3.05) is 0 Å². The van der Waals surface area contributed by atoms with Crippen molar-refractivity contribution in [2.24, 2.45) is 0 Å². The van der Waals surface area contributed by atoms with Gasteiger partial charge in [0.15, 0.2) is 6.10 Å². The van der Waals surface area contributed by atoms with Crippen molar-refractivity contribution in [1.29, 1.82) is 0 Å². The molecule has 32 heavy (non-hydrogen) atoms. The van der Waals surface area contributed by atoms with E-state index in [9.17, 15) is 18.4 Å². The molecule has 1 atom stereocenters. The van der Waals surface area contributed by atoms with Gasteiger partial charge < -0.3 is 10.1 Å². The standard InChI is InChI=1S/C24H21F2N3O3/c1-23(25,26)18-7-4-6-15(11-18)20-24(9-10-24)29(22(31)32-20)21(30)28-14-17-13-27-12-16-5-2-3-8-19(16)17/h2-8,11-13,20H,9-10,14H2,1H3,(H,28,30)/t20-/m1/s1. The first-order valence-corrected chi connectivity index (χ1v) is 10.4. The number of aromatic nitrogens is 1. The van der Waals surface area contributed by atoms with Gasteiger partial charge in [-0.15, -0.1) is 0 Å². The summed E-state index contributed by atoms with van der Waals surface area (Å²) in [4.78, 5) is 31.0. The largest absolute Gasteiger partial charge is 0.438 e. The van der Waals surface area contributed by atoms with E-state index in [2.05, 4.69) is 10.3 Å². The highest BCUT2D eigenvalue weighted by Gasteiger charge is 2.65. The number of carbonyl (C=O) groups is 2. The Morgan fingerprint density at radius 2 is 2.00 bits per heavy atom. The van der Waals surface area contributed by atoms with Crippen LogP contribution in [0.1, 0.15) is 42.6 Å². The van der Waals surface area contributed by atoms with Gasteiger partial charge in [-0.1, -0.05) is 42.5 Å². The SMILES string of the molecule is CC(F)(F)c1cccc([C@H]2OC(=O)N(C(=O)NCc3cncc4ccccc34)C23CC3)c1. The van der Waals surface area contributed by atoms with Crippen LogP contribution in [0.25, 0.3) is 10.8 Å². The lowest BCUT2D eigenvalue weighted by Crippen LogP contribution is -2.46. The number of rotatable bonds is 4. The Balaban J connectivity index is 1.37. The Kier molecular flexibility index (Phi) is 4.62. The Labute approximate surface area is 183 Å². The quantitative estimate of drug-likeness (QED) is 0.603. The summed E-state index contributed by atoms with van der Waals surface area (Å²) in [5.41, 5.74) is 0.278. The second-order valence-corrected chi connectivity index (χ2v) is 8.40. The van der Waals surface area contributed by atoms with Gasteiger partial charge in [0.1, 0.15) is 0 Å². The molecule has 6 nitrogen and oxygen atoms in total. The number of halogens is 2. The molecule has 3 amide bonds. The topological polar surface area (TPSA) is 71.5 Å². The van der Waals surface area contributed by atoms with E-state index >= 15 is 0 Å². The molecule has 2 aliphatic rings. The zero-order valence-electron chi connectivity index (χ0n) is 17.3. The van der Waals surface area contributed by atoms with Crippen molar-refractivity contribution < 1.29 is 23.1 Å². The van der Waals surface area contributed by atoms with E-state index in [-0.39, 0.29) is 12.1 Å². The van der Waals surface area contributed by atoms with E-state index < -0.39 is 29.7 Å². The second kappa shape index (κ2) is 7.25. The lowest BCUT2D eigenvalue weighted by molar-refractivity contribution is 0.0172. The number of nitrogens with zero attached hydrogens (tertiary/aromatic N) is 2. The molecule has 164 valence electrons. The lowest BCUT2D eigenvalue weighted by Gasteiger charge is -2.23. The van der Waals surface area contributed by atoms with Gasteiger partial charge in [-0.3, -0.25) is 4.98 Å². The number of nitrogens with one attached hydrogen (secondary N) is 1. The molecule has 8 heteroatoms. The third-order valence-corrected chi connectivity index (χ3v) is 6.18. The molecular weight excluding hydrogens is 416 g/mol. The number of fused-ring (bicyclic) bond motifs is 1. The summed E-state index contributed by atoms with van der Waals surface area (Å²) in [5, 5.41) is 4.70. The molecule has 3 aromatic rings. The summed E-state index contributed by atoms with van der Waals surface area (Å²) < 4.78 is 33.1. The molecule has 1 aliphatic heterocycles. The minimum atomic E-state index is -3.01. The number of carbonyl (C=O) groups excluding carboxylic acids is 2. The third-order valence-electron chi connectivity index (χ3n) is 6.18. The molecule has 1 aromatic heterocycles. The maximum atomic E-state index is 13.8. The fourth-order valence-electron chi connectivity index (χ4n) is 4.38. The van der Waals surface area contributed by atoms with Crippen molar-refractivity contribution in [3.63, 3.8) is 0 Å². The summed E-state index contributed by atoms with van der Waals surface area (Å²) >= 11 is 0. The Bertz CT molecular complexity index is 1220. The average Bonchev–Trinajstić information content (AvgIpc) is 3.50. The highest BCUT2D eigenvalue weighted by atomic mass is 19.3. The molecule has 2 aromatic carbocycles. The van der Waals surface area contributed by atoms with Gasteiger partial charge >= 0.3 is 12.1 Å². The van der Waals surface area contributed by atoms with Crippen LogP contribution < -0.4 is 5.32 Å². The number of hydrogen-bond acceptors (Lipinski definition) is 4. The minimum absolute atomic E-state index is 0.159. The van der Waals surface area contributed by atoms with Gasteiger partial charge in [0.2, 0.25) is 0 Å². The van der Waals surface area contributed by atoms with Gasteiger partial charge in [-0.2, -0.15) is 0 Å².